The summed E-state index contributed by atoms with van der Waals surface area (Å²) in [5.74, 6) is -0.400. The van der Waals surface area contributed by atoms with Crippen molar-refractivity contribution in [3.05, 3.63) is 11.3 Å². The third-order valence-electron chi connectivity index (χ3n) is 3.14. The minimum absolute atomic E-state index is 0.169. The molecule has 2 amide bonds. The van der Waals surface area contributed by atoms with Crippen LogP contribution < -0.4 is 10.6 Å². The van der Waals surface area contributed by atoms with E-state index < -0.39 is 5.97 Å². The zero-order valence-corrected chi connectivity index (χ0v) is 12.5. The number of carbonyl (C=O) groups is 2. The fourth-order valence-corrected chi connectivity index (χ4v) is 1.85. The molecule has 1 aliphatic rings. The Morgan fingerprint density at radius 3 is 2.80 bits per heavy atom. The predicted molar refractivity (Wildman–Crippen MR) is 74.2 cm³/mol. The average Bonchev–Trinajstić information content (AvgIpc) is 2.39. The van der Waals surface area contributed by atoms with Crippen molar-refractivity contribution in [1.82, 2.24) is 15.5 Å². The number of ether oxygens (including phenoxy) is 2. The highest BCUT2D eigenvalue weighted by Gasteiger charge is 2.25. The van der Waals surface area contributed by atoms with Gasteiger partial charge in [-0.15, -0.1) is 0 Å². The Morgan fingerprint density at radius 1 is 1.50 bits per heavy atom. The first-order chi connectivity index (χ1) is 9.49. The number of hydrogen-bond acceptors (Lipinski definition) is 5. The van der Waals surface area contributed by atoms with Crippen molar-refractivity contribution in [2.45, 2.75) is 19.9 Å². The van der Waals surface area contributed by atoms with Gasteiger partial charge in [0.15, 0.2) is 0 Å². The van der Waals surface area contributed by atoms with Crippen LogP contribution in [-0.4, -0.2) is 63.4 Å². The summed E-state index contributed by atoms with van der Waals surface area (Å²) in [5, 5.41) is 5.26. The zero-order chi connectivity index (χ0) is 15.1. The molecule has 0 aromatic rings. The molecule has 20 heavy (non-hydrogen) atoms. The zero-order valence-electron chi connectivity index (χ0n) is 12.5. The fraction of sp³-hybridized carbons (Fsp3) is 0.692. The molecule has 0 fully saturated rings. The normalized spacial score (nSPS) is 16.8. The highest BCUT2D eigenvalue weighted by atomic mass is 16.5. The lowest BCUT2D eigenvalue weighted by Crippen LogP contribution is -2.47. The molecule has 1 aliphatic heterocycles. The number of hydrogen-bond donors (Lipinski definition) is 2. The maximum absolute atomic E-state index is 11.9. The Kier molecular flexibility index (Phi) is 6.47. The Bertz CT molecular complexity index is 395. The SMILES string of the molecule is CCOC(=O)C1=C(CN(C)C(C)COC)NC(=O)NC1. The van der Waals surface area contributed by atoms with Crippen LogP contribution in [-0.2, 0) is 14.3 Å². The van der Waals surface area contributed by atoms with Crippen molar-refractivity contribution in [2.24, 2.45) is 0 Å². The standard InChI is InChI=1S/C13H23N3O4/c1-5-20-12(17)10-6-14-13(18)15-11(10)7-16(3)9(2)8-19-4/h9H,5-8H2,1-4H3,(H2,14,15,18). The monoisotopic (exact) mass is 285 g/mol. The van der Waals surface area contributed by atoms with E-state index in [1.807, 2.05) is 18.9 Å². The average molecular weight is 285 g/mol. The molecule has 1 unspecified atom stereocenters. The second kappa shape index (κ2) is 7.86. The molecule has 7 nitrogen and oxygen atoms in total. The van der Waals surface area contributed by atoms with Crippen LogP contribution in [0.1, 0.15) is 13.8 Å². The summed E-state index contributed by atoms with van der Waals surface area (Å²) in [6.45, 7) is 5.28. The molecule has 1 atom stereocenters. The van der Waals surface area contributed by atoms with Gasteiger partial charge in [0.2, 0.25) is 0 Å². The summed E-state index contributed by atoms with van der Waals surface area (Å²) >= 11 is 0. The lowest BCUT2D eigenvalue weighted by Gasteiger charge is -2.28. The maximum Gasteiger partial charge on any atom is 0.337 e. The van der Waals surface area contributed by atoms with Crippen molar-refractivity contribution in [1.29, 1.82) is 0 Å². The third kappa shape index (κ3) is 4.50. The molecule has 0 radical (unpaired) electrons. The second-order valence-electron chi connectivity index (χ2n) is 4.70. The largest absolute Gasteiger partial charge is 0.463 e. The number of nitrogens with one attached hydrogen (secondary N) is 2. The van der Waals surface area contributed by atoms with Gasteiger partial charge in [-0.25, -0.2) is 9.59 Å². The van der Waals surface area contributed by atoms with Crippen LogP contribution in [0.15, 0.2) is 11.3 Å². The highest BCUT2D eigenvalue weighted by molar-refractivity contribution is 5.93. The summed E-state index contributed by atoms with van der Waals surface area (Å²) in [6, 6.07) is -0.136. The number of methoxy groups -OCH3 is 1. The first-order valence-electron chi connectivity index (χ1n) is 6.62. The number of likely N-dealkylation sites (N-methyl/N-ethyl adjacent to an activating group) is 1. The molecule has 1 rings (SSSR count). The van der Waals surface area contributed by atoms with E-state index in [4.69, 9.17) is 9.47 Å². The molecule has 0 spiro atoms. The maximum atomic E-state index is 11.9. The van der Waals surface area contributed by atoms with E-state index in [1.165, 1.54) is 0 Å². The molecule has 7 heteroatoms. The molecule has 0 aliphatic carbocycles. The van der Waals surface area contributed by atoms with E-state index in [9.17, 15) is 9.59 Å². The van der Waals surface area contributed by atoms with E-state index in [0.29, 0.717) is 31.0 Å². The first kappa shape index (κ1) is 16.5. The van der Waals surface area contributed by atoms with Crippen molar-refractivity contribution >= 4 is 12.0 Å². The molecule has 1 heterocycles. The van der Waals surface area contributed by atoms with Crippen LogP contribution in [0.5, 0.6) is 0 Å². The van der Waals surface area contributed by atoms with Crippen molar-refractivity contribution in [3.8, 4) is 0 Å². The van der Waals surface area contributed by atoms with Crippen LogP contribution in [0.25, 0.3) is 0 Å². The van der Waals surface area contributed by atoms with Gasteiger partial charge in [-0.2, -0.15) is 0 Å². The number of urea groups is 1. The topological polar surface area (TPSA) is 79.9 Å². The van der Waals surface area contributed by atoms with E-state index in [1.54, 1.807) is 14.0 Å². The van der Waals surface area contributed by atoms with Gasteiger partial charge in [0, 0.05) is 25.4 Å². The lowest BCUT2D eigenvalue weighted by molar-refractivity contribution is -0.138. The van der Waals surface area contributed by atoms with Gasteiger partial charge in [0.1, 0.15) is 0 Å². The van der Waals surface area contributed by atoms with Gasteiger partial charge in [-0.1, -0.05) is 0 Å². The number of esters is 1. The van der Waals surface area contributed by atoms with Crippen molar-refractivity contribution in [2.75, 3.05) is 40.5 Å². The minimum atomic E-state index is -0.400. The quantitative estimate of drug-likeness (QED) is 0.648. The molecule has 114 valence electrons. The van der Waals surface area contributed by atoms with E-state index in [-0.39, 0.29) is 18.6 Å². The summed E-state index contributed by atoms with van der Waals surface area (Å²) < 4.78 is 10.1. The number of carbonyl (C=O) groups excluding carboxylic acids is 2. The Labute approximate surface area is 119 Å². The Morgan fingerprint density at radius 2 is 2.20 bits per heavy atom. The fourth-order valence-electron chi connectivity index (χ4n) is 1.85. The van der Waals surface area contributed by atoms with Crippen LogP contribution in [0.4, 0.5) is 4.79 Å². The van der Waals surface area contributed by atoms with Crippen LogP contribution in [0, 0.1) is 0 Å². The van der Waals surface area contributed by atoms with Crippen LogP contribution in [0.2, 0.25) is 0 Å². The van der Waals surface area contributed by atoms with Gasteiger partial charge in [-0.05, 0) is 20.9 Å². The smallest absolute Gasteiger partial charge is 0.337 e. The molecule has 0 saturated heterocycles. The first-order valence-corrected chi connectivity index (χ1v) is 6.62. The number of rotatable bonds is 7. The summed E-state index contributed by atoms with van der Waals surface area (Å²) in [5.41, 5.74) is 1.04. The molecule has 2 N–H and O–H groups in total. The Hall–Kier alpha value is -1.60. The molecular weight excluding hydrogens is 262 g/mol. The van der Waals surface area contributed by atoms with E-state index in [2.05, 4.69) is 10.6 Å². The van der Waals surface area contributed by atoms with Crippen LogP contribution in [0.3, 0.4) is 0 Å². The molecule has 0 bridgehead atoms. The number of amides is 2. The molecule has 0 aromatic heterocycles. The molecule has 0 saturated carbocycles. The third-order valence-corrected chi connectivity index (χ3v) is 3.14. The minimum Gasteiger partial charge on any atom is -0.463 e. The van der Waals surface area contributed by atoms with E-state index in [0.717, 1.165) is 0 Å². The number of nitrogens with zero attached hydrogens (tertiary/aromatic N) is 1. The van der Waals surface area contributed by atoms with Gasteiger partial charge in [0.05, 0.1) is 25.3 Å². The summed E-state index contributed by atoms with van der Waals surface area (Å²) in [6.07, 6.45) is 0. The van der Waals surface area contributed by atoms with Crippen molar-refractivity contribution < 1.29 is 19.1 Å². The van der Waals surface area contributed by atoms with Gasteiger partial charge in [-0.3, -0.25) is 4.90 Å². The van der Waals surface area contributed by atoms with Crippen LogP contribution >= 0.6 is 0 Å². The summed E-state index contributed by atoms with van der Waals surface area (Å²) in [4.78, 5) is 25.3. The predicted octanol–water partition coefficient (Wildman–Crippen LogP) is 0.0831. The molecular formula is C13H23N3O4. The lowest BCUT2D eigenvalue weighted by atomic mass is 10.1. The van der Waals surface area contributed by atoms with E-state index >= 15 is 0 Å². The molecule has 0 aromatic carbocycles. The van der Waals surface area contributed by atoms with Gasteiger partial charge < -0.3 is 20.1 Å². The van der Waals surface area contributed by atoms with Gasteiger partial charge in [0.25, 0.3) is 0 Å². The second-order valence-corrected chi connectivity index (χ2v) is 4.70. The Balaban J connectivity index is 2.82. The highest BCUT2D eigenvalue weighted by Crippen LogP contribution is 2.10. The van der Waals surface area contributed by atoms with Crippen molar-refractivity contribution in [3.63, 3.8) is 0 Å². The summed E-state index contributed by atoms with van der Waals surface area (Å²) in [7, 11) is 3.55. The van der Waals surface area contributed by atoms with Gasteiger partial charge >= 0.3 is 12.0 Å².